The molecular formula is C11H13F6N3O7S2. The fourth-order valence-corrected chi connectivity index (χ4v) is 3.35. The summed E-state index contributed by atoms with van der Waals surface area (Å²) in [5.74, 6) is 0. The number of ether oxygens (including phenoxy) is 2. The van der Waals surface area contributed by atoms with Gasteiger partial charge in [-0.1, -0.05) is 0 Å². The standard InChI is InChI=1S/C9H13N2O3.C2F6NO4S2/c1-2-10-3-4-11(7-10)5-8-6-13-9(12)14-8;3-1(4,5)14(10,11)9-15(12,13)2(6,7)8/h3-4,7-8H,2,5-6H2,1H3;/q+1;-1. The van der Waals surface area contributed by atoms with Crippen LogP contribution < -0.4 is 4.57 Å². The van der Waals surface area contributed by atoms with E-state index in [0.717, 1.165) is 10.7 Å². The molecule has 1 saturated heterocycles. The summed E-state index contributed by atoms with van der Waals surface area (Å²) < 4.78 is 123. The molecule has 168 valence electrons. The molecule has 10 nitrogen and oxygen atoms in total. The predicted octanol–water partition coefficient (Wildman–Crippen LogP) is 1.39. The maximum atomic E-state index is 11.4. The van der Waals surface area contributed by atoms with Gasteiger partial charge >= 0.3 is 17.2 Å². The topological polar surface area (TPSA) is 127 Å². The molecule has 1 aromatic heterocycles. The highest BCUT2D eigenvalue weighted by Crippen LogP contribution is 2.36. The SMILES string of the molecule is CCn1cc[n+](CC2COC(=O)O2)c1.O=S(=O)([N-]S(=O)(=O)C(F)(F)F)C(F)(F)F. The van der Waals surface area contributed by atoms with Crippen molar-refractivity contribution in [2.75, 3.05) is 6.61 Å². The monoisotopic (exact) mass is 477 g/mol. The van der Waals surface area contributed by atoms with Crippen LogP contribution in [-0.4, -0.2) is 51.3 Å². The van der Waals surface area contributed by atoms with E-state index in [9.17, 15) is 48.0 Å². The molecule has 1 atom stereocenters. The summed E-state index contributed by atoms with van der Waals surface area (Å²) in [5, 5.41) is 0. The van der Waals surface area contributed by atoms with Gasteiger partial charge < -0.3 is 13.6 Å². The number of rotatable bonds is 5. The molecule has 0 aromatic carbocycles. The molecule has 2 heterocycles. The normalized spacial score (nSPS) is 17.9. The Balaban J connectivity index is 0.000000290. The minimum Gasteiger partial charge on any atom is -0.430 e. The van der Waals surface area contributed by atoms with Gasteiger partial charge in [0.1, 0.15) is 25.5 Å². The van der Waals surface area contributed by atoms with Crippen LogP contribution in [0.5, 0.6) is 0 Å². The van der Waals surface area contributed by atoms with E-state index in [4.69, 9.17) is 4.74 Å². The van der Waals surface area contributed by atoms with Gasteiger partial charge in [-0.3, -0.25) is 0 Å². The summed E-state index contributed by atoms with van der Waals surface area (Å²) in [6, 6.07) is 0. The summed E-state index contributed by atoms with van der Waals surface area (Å²) in [5.41, 5.74) is -12.4. The van der Waals surface area contributed by atoms with E-state index in [2.05, 4.69) is 16.2 Å². The quantitative estimate of drug-likeness (QED) is 0.356. The molecule has 0 spiro atoms. The van der Waals surface area contributed by atoms with Crippen molar-refractivity contribution in [2.24, 2.45) is 0 Å². The van der Waals surface area contributed by atoms with E-state index < -0.39 is 37.2 Å². The van der Waals surface area contributed by atoms with E-state index in [1.165, 1.54) is 0 Å². The lowest BCUT2D eigenvalue weighted by atomic mass is 10.4. The Kier molecular flexibility index (Phi) is 7.52. The summed E-state index contributed by atoms with van der Waals surface area (Å²) in [6.07, 6.45) is 5.20. The number of hydrogen-bond acceptors (Lipinski definition) is 7. The number of cyclic esters (lactones) is 2. The van der Waals surface area contributed by atoms with E-state index >= 15 is 0 Å². The number of carbonyl (C=O) groups is 1. The molecule has 0 aliphatic carbocycles. The number of imidazole rings is 1. The second-order valence-corrected chi connectivity index (χ2v) is 8.58. The van der Waals surface area contributed by atoms with E-state index in [1.54, 1.807) is 0 Å². The Morgan fingerprint density at radius 1 is 1.14 bits per heavy atom. The van der Waals surface area contributed by atoms with Crippen molar-refractivity contribution < 1.29 is 62.0 Å². The molecule has 2 rings (SSSR count). The van der Waals surface area contributed by atoms with Gasteiger partial charge in [-0.15, -0.1) is 0 Å². The average molecular weight is 477 g/mol. The van der Waals surface area contributed by atoms with E-state index in [0.29, 0.717) is 13.2 Å². The molecule has 29 heavy (non-hydrogen) atoms. The number of alkyl halides is 6. The van der Waals surface area contributed by atoms with Crippen LogP contribution in [0, 0.1) is 0 Å². The van der Waals surface area contributed by atoms with Crippen LogP contribution in [0.3, 0.4) is 0 Å². The Hall–Kier alpha value is -2.08. The van der Waals surface area contributed by atoms with Gasteiger partial charge in [0.2, 0.25) is 6.33 Å². The molecule has 0 amide bonds. The van der Waals surface area contributed by atoms with Crippen LogP contribution in [0.1, 0.15) is 6.92 Å². The van der Waals surface area contributed by atoms with Crippen molar-refractivity contribution in [1.82, 2.24) is 4.57 Å². The maximum Gasteiger partial charge on any atom is 0.508 e. The van der Waals surface area contributed by atoms with Gasteiger partial charge in [0.05, 0.1) is 6.54 Å². The smallest absolute Gasteiger partial charge is 0.430 e. The Morgan fingerprint density at radius 3 is 2.00 bits per heavy atom. The van der Waals surface area contributed by atoms with Gasteiger partial charge in [-0.05, 0) is 6.92 Å². The van der Waals surface area contributed by atoms with Gasteiger partial charge in [0.25, 0.3) is 0 Å². The number of carbonyl (C=O) groups excluding carboxylic acids is 1. The zero-order valence-electron chi connectivity index (χ0n) is 14.2. The first kappa shape index (κ1) is 25.0. The van der Waals surface area contributed by atoms with Crippen molar-refractivity contribution in [3.8, 4) is 0 Å². The summed E-state index contributed by atoms with van der Waals surface area (Å²) in [4.78, 5) is 10.6. The number of nitrogens with zero attached hydrogens (tertiary/aromatic N) is 3. The fraction of sp³-hybridized carbons (Fsp3) is 0.636. The van der Waals surface area contributed by atoms with Gasteiger partial charge in [-0.2, -0.15) is 26.3 Å². The number of aryl methyl sites for hydroxylation is 1. The van der Waals surface area contributed by atoms with Crippen molar-refractivity contribution in [2.45, 2.75) is 37.1 Å². The third-order valence-corrected chi connectivity index (χ3v) is 5.70. The van der Waals surface area contributed by atoms with Crippen LogP contribution >= 0.6 is 0 Å². The summed E-state index contributed by atoms with van der Waals surface area (Å²) in [6.45, 7) is 4.01. The molecule has 1 aliphatic heterocycles. The van der Waals surface area contributed by atoms with Crippen LogP contribution in [0.4, 0.5) is 31.1 Å². The Labute approximate surface area is 160 Å². The van der Waals surface area contributed by atoms with Crippen LogP contribution in [-0.2, 0) is 42.6 Å². The molecule has 1 aliphatic rings. The third-order valence-electron chi connectivity index (χ3n) is 2.96. The minimum atomic E-state index is -6.72. The zero-order valence-corrected chi connectivity index (χ0v) is 15.8. The number of halogens is 6. The van der Waals surface area contributed by atoms with Crippen LogP contribution in [0.25, 0.3) is 4.13 Å². The molecule has 0 N–H and O–H groups in total. The number of aromatic nitrogens is 2. The first-order valence-electron chi connectivity index (χ1n) is 7.23. The van der Waals surface area contributed by atoms with Gasteiger partial charge in [0.15, 0.2) is 26.2 Å². The molecule has 1 aromatic rings. The van der Waals surface area contributed by atoms with Crippen LogP contribution in [0.2, 0.25) is 0 Å². The molecule has 1 unspecified atom stereocenters. The van der Waals surface area contributed by atoms with Crippen molar-refractivity contribution in [3.63, 3.8) is 0 Å². The number of sulfonamides is 2. The van der Waals surface area contributed by atoms with E-state index in [-0.39, 0.29) is 6.10 Å². The minimum absolute atomic E-state index is 0.153. The lowest BCUT2D eigenvalue weighted by molar-refractivity contribution is -0.702. The second kappa shape index (κ2) is 8.74. The fourth-order valence-electron chi connectivity index (χ4n) is 1.64. The third kappa shape index (κ3) is 7.03. The zero-order chi connectivity index (χ0) is 22.7. The number of hydrogen-bond donors (Lipinski definition) is 0. The largest absolute Gasteiger partial charge is 0.508 e. The van der Waals surface area contributed by atoms with Gasteiger partial charge in [0, 0.05) is 0 Å². The highest BCUT2D eigenvalue weighted by molar-refractivity contribution is 8.13. The van der Waals surface area contributed by atoms with Crippen molar-refractivity contribution in [1.29, 1.82) is 0 Å². The lowest BCUT2D eigenvalue weighted by Gasteiger charge is -2.22. The molecule has 0 saturated carbocycles. The van der Waals surface area contributed by atoms with Crippen LogP contribution in [0.15, 0.2) is 18.7 Å². The lowest BCUT2D eigenvalue weighted by Crippen LogP contribution is -2.39. The molecule has 0 bridgehead atoms. The highest BCUT2D eigenvalue weighted by Gasteiger charge is 2.46. The van der Waals surface area contributed by atoms with E-state index in [1.807, 2.05) is 23.3 Å². The maximum absolute atomic E-state index is 11.4. The molecule has 0 radical (unpaired) electrons. The second-order valence-electron chi connectivity index (χ2n) is 5.16. The average Bonchev–Trinajstić information content (AvgIpc) is 3.14. The Bertz CT molecular complexity index is 881. The van der Waals surface area contributed by atoms with Crippen molar-refractivity contribution >= 4 is 26.2 Å². The Morgan fingerprint density at radius 2 is 1.66 bits per heavy atom. The predicted molar refractivity (Wildman–Crippen MR) is 79.8 cm³/mol. The molecular weight excluding hydrogens is 464 g/mol. The molecule has 18 heteroatoms. The van der Waals surface area contributed by atoms with Gasteiger partial charge in [-0.25, -0.2) is 30.8 Å². The molecule has 1 fully saturated rings. The summed E-state index contributed by atoms with van der Waals surface area (Å²) in [7, 11) is -13.4. The summed E-state index contributed by atoms with van der Waals surface area (Å²) >= 11 is 0. The van der Waals surface area contributed by atoms with Crippen molar-refractivity contribution in [3.05, 3.63) is 22.8 Å². The first-order chi connectivity index (χ1) is 13.0. The highest BCUT2D eigenvalue weighted by atomic mass is 32.3. The first-order valence-corrected chi connectivity index (χ1v) is 10.1.